The van der Waals surface area contributed by atoms with E-state index in [4.69, 9.17) is 0 Å². The number of hydrogen-bond donors (Lipinski definition) is 2. The lowest BCUT2D eigenvalue weighted by molar-refractivity contribution is -0.122. The second-order valence-electron chi connectivity index (χ2n) is 8.02. The van der Waals surface area contributed by atoms with Gasteiger partial charge in [-0.3, -0.25) is 9.69 Å². The van der Waals surface area contributed by atoms with Crippen LogP contribution in [0.4, 0.5) is 5.69 Å². The Bertz CT molecular complexity index is 781. The maximum absolute atomic E-state index is 12.4. The number of thioether (sulfide) groups is 1. The number of unbranched alkanes of at least 4 members (excludes halogenated alkanes) is 1. The Morgan fingerprint density at radius 3 is 2.58 bits per heavy atom. The van der Waals surface area contributed by atoms with Crippen LogP contribution in [-0.4, -0.2) is 82.3 Å². The molecule has 1 atom stereocenters. The van der Waals surface area contributed by atoms with Gasteiger partial charge in [-0.25, -0.2) is 13.1 Å². The van der Waals surface area contributed by atoms with Crippen molar-refractivity contribution in [3.63, 3.8) is 0 Å². The predicted octanol–water partition coefficient (Wildman–Crippen LogP) is 2.07. The number of benzene rings is 1. The summed E-state index contributed by atoms with van der Waals surface area (Å²) in [6.07, 6.45) is 4.35. The van der Waals surface area contributed by atoms with E-state index in [1.807, 2.05) is 6.26 Å². The Balaban J connectivity index is 1.65. The second kappa shape index (κ2) is 13.3. The van der Waals surface area contributed by atoms with Crippen LogP contribution in [0.2, 0.25) is 0 Å². The first-order valence-electron chi connectivity index (χ1n) is 11.1. The predicted molar refractivity (Wildman–Crippen MR) is 131 cm³/mol. The minimum atomic E-state index is -3.40. The summed E-state index contributed by atoms with van der Waals surface area (Å²) in [5, 5.41) is 2.91. The van der Waals surface area contributed by atoms with E-state index in [9.17, 15) is 13.2 Å². The summed E-state index contributed by atoms with van der Waals surface area (Å²) in [5.74, 6) is 0.490. The number of aryl methyl sites for hydroxylation is 1. The number of nitrogens with zero attached hydrogens (tertiary/aromatic N) is 2. The van der Waals surface area contributed by atoms with Crippen molar-refractivity contribution in [1.82, 2.24) is 14.9 Å². The molecule has 0 saturated carbocycles. The fourth-order valence-electron chi connectivity index (χ4n) is 3.63. The van der Waals surface area contributed by atoms with Gasteiger partial charge in [0.2, 0.25) is 15.9 Å². The van der Waals surface area contributed by atoms with Crippen molar-refractivity contribution < 1.29 is 13.2 Å². The maximum Gasteiger partial charge on any atom is 0.238 e. The Morgan fingerprint density at radius 1 is 1.19 bits per heavy atom. The van der Waals surface area contributed by atoms with Gasteiger partial charge >= 0.3 is 0 Å². The summed E-state index contributed by atoms with van der Waals surface area (Å²) < 4.78 is 26.2. The van der Waals surface area contributed by atoms with Crippen molar-refractivity contribution in [2.45, 2.75) is 39.2 Å². The van der Waals surface area contributed by atoms with Gasteiger partial charge in [0.1, 0.15) is 6.04 Å². The molecule has 176 valence electrons. The zero-order chi connectivity index (χ0) is 22.7. The van der Waals surface area contributed by atoms with Crippen LogP contribution in [0.1, 0.15) is 31.7 Å². The number of nitrogens with one attached hydrogen (secondary N) is 2. The number of sulfonamides is 1. The third kappa shape index (κ3) is 9.39. The third-order valence-electron chi connectivity index (χ3n) is 5.57. The van der Waals surface area contributed by atoms with Gasteiger partial charge in [-0.2, -0.15) is 11.8 Å². The van der Waals surface area contributed by atoms with E-state index in [-0.39, 0.29) is 11.7 Å². The highest BCUT2D eigenvalue weighted by Crippen LogP contribution is 2.17. The van der Waals surface area contributed by atoms with Crippen LogP contribution >= 0.6 is 11.8 Å². The standard InChI is InChI=1S/C22H38N4O3S2/c1-4-31(28,29)24-21(10-17-30-3)22(27)23-11-5-6-12-25-13-15-26(16-14-25)20-9-7-8-19(2)18-20/h7-9,18,21,24H,4-6,10-17H2,1-3H3,(H,23,27). The first kappa shape index (κ1) is 26.0. The summed E-state index contributed by atoms with van der Waals surface area (Å²) in [7, 11) is -3.40. The fraction of sp³-hybridized carbons (Fsp3) is 0.682. The number of carbonyl (C=O) groups is 1. The number of rotatable bonds is 13. The molecule has 1 aromatic carbocycles. The van der Waals surface area contributed by atoms with Crippen molar-refractivity contribution in [3.05, 3.63) is 29.8 Å². The normalized spacial score (nSPS) is 16.3. The monoisotopic (exact) mass is 470 g/mol. The molecule has 0 aliphatic carbocycles. The second-order valence-corrected chi connectivity index (χ2v) is 11.0. The molecule has 1 aliphatic rings. The zero-order valence-corrected chi connectivity index (χ0v) is 20.7. The SMILES string of the molecule is CCS(=O)(=O)NC(CCSC)C(=O)NCCCCN1CCN(c2cccc(C)c2)CC1. The average Bonchev–Trinajstić information content (AvgIpc) is 2.76. The van der Waals surface area contributed by atoms with E-state index in [2.05, 4.69) is 51.0 Å². The summed E-state index contributed by atoms with van der Waals surface area (Å²) >= 11 is 1.60. The highest BCUT2D eigenvalue weighted by atomic mass is 32.2. The Labute approximate surface area is 192 Å². The number of anilines is 1. The van der Waals surface area contributed by atoms with Gasteiger partial charge in [0, 0.05) is 38.4 Å². The lowest BCUT2D eigenvalue weighted by Crippen LogP contribution is -2.48. The molecule has 1 aromatic rings. The van der Waals surface area contributed by atoms with E-state index < -0.39 is 16.1 Å². The van der Waals surface area contributed by atoms with Crippen LogP contribution < -0.4 is 14.9 Å². The Hall–Kier alpha value is -1.29. The number of piperazine rings is 1. The molecular weight excluding hydrogens is 432 g/mol. The van der Waals surface area contributed by atoms with Crippen molar-refractivity contribution in [2.24, 2.45) is 0 Å². The number of carbonyl (C=O) groups excluding carboxylic acids is 1. The van der Waals surface area contributed by atoms with Crippen LogP contribution in [0.5, 0.6) is 0 Å². The fourth-order valence-corrected chi connectivity index (χ4v) is 4.93. The van der Waals surface area contributed by atoms with E-state index in [0.717, 1.165) is 51.3 Å². The van der Waals surface area contributed by atoms with Crippen LogP contribution in [0, 0.1) is 6.92 Å². The van der Waals surface area contributed by atoms with Gasteiger partial charge in [0.25, 0.3) is 0 Å². The molecule has 1 amide bonds. The summed E-state index contributed by atoms with van der Waals surface area (Å²) in [5.41, 5.74) is 2.59. The number of amides is 1. The molecular formula is C22H38N4O3S2. The maximum atomic E-state index is 12.4. The van der Waals surface area contributed by atoms with Crippen molar-refractivity contribution in [3.8, 4) is 0 Å². The number of hydrogen-bond acceptors (Lipinski definition) is 6. The molecule has 0 spiro atoms. The van der Waals surface area contributed by atoms with Crippen molar-refractivity contribution in [1.29, 1.82) is 0 Å². The van der Waals surface area contributed by atoms with Gasteiger partial charge < -0.3 is 10.2 Å². The van der Waals surface area contributed by atoms with Crippen LogP contribution in [0.3, 0.4) is 0 Å². The molecule has 1 fully saturated rings. The minimum Gasteiger partial charge on any atom is -0.369 e. The molecule has 0 aromatic heterocycles. The molecule has 1 aliphatic heterocycles. The Kier molecular flexibility index (Phi) is 11.1. The molecule has 2 rings (SSSR count). The molecule has 7 nitrogen and oxygen atoms in total. The largest absolute Gasteiger partial charge is 0.369 e. The first-order chi connectivity index (χ1) is 14.8. The van der Waals surface area contributed by atoms with Gasteiger partial charge in [0.05, 0.1) is 5.75 Å². The Morgan fingerprint density at radius 2 is 1.94 bits per heavy atom. The molecule has 1 unspecified atom stereocenters. The van der Waals surface area contributed by atoms with Crippen LogP contribution in [0.15, 0.2) is 24.3 Å². The van der Waals surface area contributed by atoms with Gasteiger partial charge in [0.15, 0.2) is 0 Å². The quantitative estimate of drug-likeness (QED) is 0.430. The highest BCUT2D eigenvalue weighted by molar-refractivity contribution is 7.98. The highest BCUT2D eigenvalue weighted by Gasteiger charge is 2.23. The minimum absolute atomic E-state index is 0.0206. The van der Waals surface area contributed by atoms with Gasteiger partial charge in [-0.15, -0.1) is 0 Å². The first-order valence-corrected chi connectivity index (χ1v) is 14.2. The van der Waals surface area contributed by atoms with E-state index in [0.29, 0.717) is 13.0 Å². The molecule has 0 bridgehead atoms. The van der Waals surface area contributed by atoms with Gasteiger partial charge in [-0.05, 0) is 69.4 Å². The van der Waals surface area contributed by atoms with E-state index in [1.54, 1.807) is 18.7 Å². The summed E-state index contributed by atoms with van der Waals surface area (Å²) in [6, 6.07) is 7.98. The smallest absolute Gasteiger partial charge is 0.238 e. The third-order valence-corrected chi connectivity index (χ3v) is 7.62. The van der Waals surface area contributed by atoms with E-state index in [1.165, 1.54) is 11.3 Å². The van der Waals surface area contributed by atoms with Crippen molar-refractivity contribution in [2.75, 3.05) is 61.9 Å². The topological polar surface area (TPSA) is 81.7 Å². The summed E-state index contributed by atoms with van der Waals surface area (Å²) in [6.45, 7) is 9.48. The zero-order valence-electron chi connectivity index (χ0n) is 19.1. The molecule has 1 heterocycles. The molecule has 2 N–H and O–H groups in total. The molecule has 9 heteroatoms. The van der Waals surface area contributed by atoms with Crippen molar-refractivity contribution >= 4 is 33.4 Å². The molecule has 1 saturated heterocycles. The van der Waals surface area contributed by atoms with Crippen LogP contribution in [0.25, 0.3) is 0 Å². The van der Waals surface area contributed by atoms with E-state index >= 15 is 0 Å². The average molecular weight is 471 g/mol. The molecule has 0 radical (unpaired) electrons. The van der Waals surface area contributed by atoms with Gasteiger partial charge in [-0.1, -0.05) is 12.1 Å². The summed E-state index contributed by atoms with van der Waals surface area (Å²) in [4.78, 5) is 17.4. The lowest BCUT2D eigenvalue weighted by atomic mass is 10.2. The lowest BCUT2D eigenvalue weighted by Gasteiger charge is -2.36. The van der Waals surface area contributed by atoms with Crippen LogP contribution in [-0.2, 0) is 14.8 Å². The molecule has 31 heavy (non-hydrogen) atoms.